The van der Waals surface area contributed by atoms with Crippen molar-refractivity contribution in [3.05, 3.63) is 35.9 Å². The first-order chi connectivity index (χ1) is 9.65. The van der Waals surface area contributed by atoms with E-state index in [0.29, 0.717) is 18.9 Å². The van der Waals surface area contributed by atoms with Gasteiger partial charge in [-0.2, -0.15) is 0 Å². The lowest BCUT2D eigenvalue weighted by atomic mass is 9.99. The summed E-state index contributed by atoms with van der Waals surface area (Å²) in [5.74, 6) is -1.02. The maximum atomic E-state index is 12.1. The minimum Gasteiger partial charge on any atom is -0.478 e. The molecule has 1 saturated heterocycles. The predicted molar refractivity (Wildman–Crippen MR) is 75.3 cm³/mol. The molecule has 0 atom stereocenters. The van der Waals surface area contributed by atoms with Gasteiger partial charge >= 0.3 is 5.97 Å². The smallest absolute Gasteiger partial charge is 0.328 e. The molecule has 1 aromatic carbocycles. The normalized spacial score (nSPS) is 16.2. The maximum absolute atomic E-state index is 12.1. The number of hydrogen-bond donors (Lipinski definition) is 2. The number of carbonyl (C=O) groups excluding carboxylic acids is 1. The van der Waals surface area contributed by atoms with Crippen molar-refractivity contribution in [1.29, 1.82) is 0 Å². The molecule has 1 fully saturated rings. The second-order valence-electron chi connectivity index (χ2n) is 4.67. The van der Waals surface area contributed by atoms with Crippen LogP contribution in [0, 0.1) is 5.92 Å². The molecule has 1 heterocycles. The first-order valence-corrected chi connectivity index (χ1v) is 6.55. The summed E-state index contributed by atoms with van der Waals surface area (Å²) in [5.41, 5.74) is 1.41. The molecule has 5 heteroatoms. The molecular formula is C15H17NO4. The number of aliphatic carboxylic acids is 1. The van der Waals surface area contributed by atoms with Crippen LogP contribution in [-0.2, 0) is 14.3 Å². The summed E-state index contributed by atoms with van der Waals surface area (Å²) in [6.45, 7) is 1.25. The fourth-order valence-electron chi connectivity index (χ4n) is 2.09. The van der Waals surface area contributed by atoms with Crippen molar-refractivity contribution in [2.45, 2.75) is 12.8 Å². The van der Waals surface area contributed by atoms with E-state index in [2.05, 4.69) is 5.32 Å². The highest BCUT2D eigenvalue weighted by Gasteiger charge is 2.21. The Morgan fingerprint density at radius 2 is 2.05 bits per heavy atom. The number of hydrogen-bond acceptors (Lipinski definition) is 3. The molecule has 0 unspecified atom stereocenters. The van der Waals surface area contributed by atoms with E-state index in [4.69, 9.17) is 9.84 Å². The van der Waals surface area contributed by atoms with Crippen LogP contribution in [-0.4, -0.2) is 30.2 Å². The lowest BCUT2D eigenvalue weighted by molar-refractivity contribution is -0.131. The molecule has 106 valence electrons. The van der Waals surface area contributed by atoms with Crippen LogP contribution in [0.2, 0.25) is 0 Å². The minimum absolute atomic E-state index is 0.00679. The summed E-state index contributed by atoms with van der Waals surface area (Å²) < 4.78 is 5.23. The molecule has 2 rings (SSSR count). The minimum atomic E-state index is -0.998. The Balaban J connectivity index is 2.00. The van der Waals surface area contributed by atoms with Gasteiger partial charge in [0.15, 0.2) is 0 Å². The van der Waals surface area contributed by atoms with Gasteiger partial charge in [0.25, 0.3) is 0 Å². The predicted octanol–water partition coefficient (Wildman–Crippen LogP) is 2.15. The van der Waals surface area contributed by atoms with Crippen molar-refractivity contribution in [2.75, 3.05) is 18.5 Å². The molecule has 1 aromatic rings. The van der Waals surface area contributed by atoms with Gasteiger partial charge in [-0.1, -0.05) is 12.1 Å². The molecule has 0 bridgehead atoms. The average molecular weight is 275 g/mol. The second-order valence-corrected chi connectivity index (χ2v) is 4.67. The van der Waals surface area contributed by atoms with Gasteiger partial charge < -0.3 is 15.2 Å². The van der Waals surface area contributed by atoms with Gasteiger partial charge in [0.05, 0.1) is 0 Å². The molecule has 0 spiro atoms. The van der Waals surface area contributed by atoms with E-state index in [1.54, 1.807) is 24.3 Å². The molecule has 0 radical (unpaired) electrons. The van der Waals surface area contributed by atoms with Crippen LogP contribution in [0.15, 0.2) is 30.3 Å². The van der Waals surface area contributed by atoms with Crippen LogP contribution in [0.1, 0.15) is 18.4 Å². The summed E-state index contributed by atoms with van der Waals surface area (Å²) in [6, 6.07) is 7.09. The zero-order valence-electron chi connectivity index (χ0n) is 11.0. The van der Waals surface area contributed by atoms with Gasteiger partial charge in [-0.25, -0.2) is 4.79 Å². The first-order valence-electron chi connectivity index (χ1n) is 6.55. The fourth-order valence-corrected chi connectivity index (χ4v) is 2.09. The highest BCUT2D eigenvalue weighted by molar-refractivity contribution is 5.93. The first kappa shape index (κ1) is 14.3. The molecule has 0 aliphatic carbocycles. The summed E-state index contributed by atoms with van der Waals surface area (Å²) in [4.78, 5) is 22.5. The maximum Gasteiger partial charge on any atom is 0.328 e. The number of amides is 1. The third kappa shape index (κ3) is 4.20. The number of anilines is 1. The molecule has 2 N–H and O–H groups in total. The van der Waals surface area contributed by atoms with E-state index >= 15 is 0 Å². The van der Waals surface area contributed by atoms with E-state index in [-0.39, 0.29) is 11.8 Å². The van der Waals surface area contributed by atoms with Crippen LogP contribution < -0.4 is 5.32 Å². The van der Waals surface area contributed by atoms with Crippen molar-refractivity contribution in [1.82, 2.24) is 0 Å². The van der Waals surface area contributed by atoms with Crippen molar-refractivity contribution >= 4 is 23.6 Å². The largest absolute Gasteiger partial charge is 0.478 e. The third-order valence-corrected chi connectivity index (χ3v) is 3.16. The van der Waals surface area contributed by atoms with Gasteiger partial charge in [0.2, 0.25) is 5.91 Å². The summed E-state index contributed by atoms with van der Waals surface area (Å²) in [5, 5.41) is 11.5. The number of benzene rings is 1. The van der Waals surface area contributed by atoms with E-state index in [9.17, 15) is 9.59 Å². The summed E-state index contributed by atoms with van der Waals surface area (Å²) in [6.07, 6.45) is 4.04. The van der Waals surface area contributed by atoms with Crippen molar-refractivity contribution in [3.63, 3.8) is 0 Å². The second kappa shape index (κ2) is 6.86. The van der Waals surface area contributed by atoms with Crippen LogP contribution in [0.25, 0.3) is 6.08 Å². The van der Waals surface area contributed by atoms with Gasteiger partial charge in [-0.15, -0.1) is 0 Å². The quantitative estimate of drug-likeness (QED) is 0.826. The van der Waals surface area contributed by atoms with Crippen LogP contribution in [0.4, 0.5) is 5.69 Å². The van der Waals surface area contributed by atoms with Crippen molar-refractivity contribution < 1.29 is 19.4 Å². The van der Waals surface area contributed by atoms with E-state index in [0.717, 1.165) is 24.5 Å². The van der Waals surface area contributed by atoms with Crippen LogP contribution in [0.3, 0.4) is 0 Å². The van der Waals surface area contributed by atoms with E-state index < -0.39 is 5.97 Å². The number of carboxylic acids is 1. The highest BCUT2D eigenvalue weighted by atomic mass is 16.5. The molecule has 1 aliphatic rings. The van der Waals surface area contributed by atoms with E-state index in [1.165, 1.54) is 6.08 Å². The SMILES string of the molecule is O=C(O)/C=C/c1cccc(NC(=O)C2CCOCC2)c1. The standard InChI is InChI=1S/C15H17NO4/c17-14(18)5-4-11-2-1-3-13(10-11)16-15(19)12-6-8-20-9-7-12/h1-5,10,12H,6-9H2,(H,16,19)(H,17,18)/b5-4+. The average Bonchev–Trinajstić information content (AvgIpc) is 2.46. The Bertz CT molecular complexity index is 518. The van der Waals surface area contributed by atoms with Gasteiger partial charge in [-0.05, 0) is 36.6 Å². The fraction of sp³-hybridized carbons (Fsp3) is 0.333. The summed E-state index contributed by atoms with van der Waals surface area (Å²) in [7, 11) is 0. The Labute approximate surface area is 117 Å². The lowest BCUT2D eigenvalue weighted by Gasteiger charge is -2.21. The van der Waals surface area contributed by atoms with Crippen molar-refractivity contribution in [2.24, 2.45) is 5.92 Å². The topological polar surface area (TPSA) is 75.6 Å². The zero-order chi connectivity index (χ0) is 14.4. The Morgan fingerprint density at radius 3 is 2.75 bits per heavy atom. The van der Waals surface area contributed by atoms with E-state index in [1.807, 2.05) is 0 Å². The molecule has 0 aromatic heterocycles. The molecule has 20 heavy (non-hydrogen) atoms. The lowest BCUT2D eigenvalue weighted by Crippen LogP contribution is -2.28. The van der Waals surface area contributed by atoms with Gasteiger partial charge in [0.1, 0.15) is 0 Å². The third-order valence-electron chi connectivity index (χ3n) is 3.16. The van der Waals surface area contributed by atoms with Crippen LogP contribution in [0.5, 0.6) is 0 Å². The number of nitrogens with one attached hydrogen (secondary N) is 1. The van der Waals surface area contributed by atoms with Crippen LogP contribution >= 0.6 is 0 Å². The zero-order valence-corrected chi connectivity index (χ0v) is 11.0. The number of carboxylic acid groups (broad SMARTS) is 1. The van der Waals surface area contributed by atoms with Gasteiger partial charge in [-0.3, -0.25) is 4.79 Å². The number of rotatable bonds is 4. The number of ether oxygens (including phenoxy) is 1. The molecule has 1 amide bonds. The molecular weight excluding hydrogens is 258 g/mol. The number of carbonyl (C=O) groups is 2. The monoisotopic (exact) mass is 275 g/mol. The molecule has 1 aliphatic heterocycles. The van der Waals surface area contributed by atoms with Gasteiger partial charge in [0, 0.05) is 30.9 Å². The Kier molecular flexibility index (Phi) is 4.90. The Morgan fingerprint density at radius 1 is 1.30 bits per heavy atom. The molecule has 0 saturated carbocycles. The van der Waals surface area contributed by atoms with Crippen molar-refractivity contribution in [3.8, 4) is 0 Å². The Hall–Kier alpha value is -2.14. The molecule has 5 nitrogen and oxygen atoms in total. The summed E-state index contributed by atoms with van der Waals surface area (Å²) >= 11 is 0. The highest BCUT2D eigenvalue weighted by Crippen LogP contribution is 2.18.